The molecule has 0 saturated carbocycles. The number of aliphatic hydroxyl groups excluding tert-OH is 1. The Kier molecular flexibility index (Phi) is 6.73. The van der Waals surface area contributed by atoms with Crippen molar-refractivity contribution in [3.8, 4) is 11.5 Å². The molecular formula is C24H29FN2O4. The molecule has 166 valence electrons. The van der Waals surface area contributed by atoms with E-state index in [9.17, 15) is 9.50 Å². The number of rotatable bonds is 8. The van der Waals surface area contributed by atoms with Gasteiger partial charge >= 0.3 is 0 Å². The molecule has 1 aliphatic rings. The summed E-state index contributed by atoms with van der Waals surface area (Å²) in [5.74, 6) is 2.24. The smallest absolute Gasteiger partial charge is 0.161 e. The number of hydrogen-bond acceptors (Lipinski definition) is 6. The fraction of sp³-hybridized carbons (Fsp3) is 0.458. The van der Waals surface area contributed by atoms with Gasteiger partial charge < -0.3 is 24.0 Å². The summed E-state index contributed by atoms with van der Waals surface area (Å²) in [5.41, 5.74) is 1.39. The van der Waals surface area contributed by atoms with Gasteiger partial charge in [-0.2, -0.15) is 0 Å². The molecule has 1 aromatic heterocycles. The van der Waals surface area contributed by atoms with Crippen LogP contribution in [0.2, 0.25) is 0 Å². The van der Waals surface area contributed by atoms with Gasteiger partial charge in [0, 0.05) is 23.9 Å². The maximum absolute atomic E-state index is 13.4. The summed E-state index contributed by atoms with van der Waals surface area (Å²) >= 11 is 0. The lowest BCUT2D eigenvalue weighted by Crippen LogP contribution is -2.34. The van der Waals surface area contributed by atoms with Gasteiger partial charge in [0.15, 0.2) is 11.5 Å². The normalized spacial score (nSPS) is 16.5. The van der Waals surface area contributed by atoms with Crippen LogP contribution < -0.4 is 9.47 Å². The Morgan fingerprint density at radius 2 is 2.00 bits per heavy atom. The largest absolute Gasteiger partial charge is 0.493 e. The van der Waals surface area contributed by atoms with E-state index in [0.717, 1.165) is 55.6 Å². The molecule has 1 atom stereocenters. The van der Waals surface area contributed by atoms with Crippen LogP contribution in [-0.2, 0) is 0 Å². The highest BCUT2D eigenvalue weighted by Crippen LogP contribution is 2.34. The zero-order chi connectivity index (χ0) is 21.8. The summed E-state index contributed by atoms with van der Waals surface area (Å²) < 4.78 is 30.2. The number of likely N-dealkylation sites (tertiary alicyclic amines) is 1. The van der Waals surface area contributed by atoms with Gasteiger partial charge in [-0.3, -0.25) is 0 Å². The van der Waals surface area contributed by atoms with Crippen LogP contribution in [0, 0.1) is 5.82 Å². The van der Waals surface area contributed by atoms with Crippen molar-refractivity contribution in [3.63, 3.8) is 0 Å². The quantitative estimate of drug-likeness (QED) is 0.526. The number of aliphatic hydroxyl groups is 1. The van der Waals surface area contributed by atoms with E-state index in [0.29, 0.717) is 29.5 Å². The van der Waals surface area contributed by atoms with E-state index >= 15 is 0 Å². The molecular weight excluding hydrogens is 399 g/mol. The molecule has 1 saturated heterocycles. The van der Waals surface area contributed by atoms with Crippen molar-refractivity contribution in [1.29, 1.82) is 0 Å². The van der Waals surface area contributed by atoms with Gasteiger partial charge in [0.2, 0.25) is 0 Å². The number of hydrogen-bond donors (Lipinski definition) is 1. The maximum Gasteiger partial charge on any atom is 0.161 e. The Morgan fingerprint density at radius 3 is 2.74 bits per heavy atom. The summed E-state index contributed by atoms with van der Waals surface area (Å²) in [7, 11) is 1.60. The molecule has 1 aliphatic heterocycles. The minimum Gasteiger partial charge on any atom is -0.493 e. The summed E-state index contributed by atoms with van der Waals surface area (Å²) in [4.78, 5) is 2.44. The molecule has 31 heavy (non-hydrogen) atoms. The van der Waals surface area contributed by atoms with Crippen molar-refractivity contribution in [2.75, 3.05) is 33.4 Å². The fourth-order valence-electron chi connectivity index (χ4n) is 4.18. The van der Waals surface area contributed by atoms with Crippen LogP contribution >= 0.6 is 0 Å². The predicted octanol–water partition coefficient (Wildman–Crippen LogP) is 4.68. The van der Waals surface area contributed by atoms with Gasteiger partial charge in [-0.25, -0.2) is 4.39 Å². The molecule has 3 aromatic rings. The Labute approximate surface area is 181 Å². The lowest BCUT2D eigenvalue weighted by Gasteiger charge is -2.30. The number of piperidine rings is 1. The van der Waals surface area contributed by atoms with E-state index in [4.69, 9.17) is 14.0 Å². The third-order valence-corrected chi connectivity index (χ3v) is 5.97. The molecule has 2 aromatic carbocycles. The lowest BCUT2D eigenvalue weighted by atomic mass is 9.92. The first-order valence-corrected chi connectivity index (χ1v) is 10.8. The SMILES string of the molecule is COc1cc(C(C)O)ccc1OCCCN1CCC(c2onc3cc(F)ccc23)CC1. The fourth-order valence-corrected chi connectivity index (χ4v) is 4.18. The predicted molar refractivity (Wildman–Crippen MR) is 116 cm³/mol. The minimum absolute atomic E-state index is 0.291. The third-order valence-electron chi connectivity index (χ3n) is 5.97. The van der Waals surface area contributed by atoms with Crippen LogP contribution in [0.15, 0.2) is 40.9 Å². The van der Waals surface area contributed by atoms with Crippen LogP contribution in [0.5, 0.6) is 11.5 Å². The van der Waals surface area contributed by atoms with Crippen LogP contribution in [-0.4, -0.2) is 48.5 Å². The third kappa shape index (κ3) is 4.99. The number of benzene rings is 2. The second-order valence-corrected chi connectivity index (χ2v) is 8.11. The van der Waals surface area contributed by atoms with E-state index in [2.05, 4.69) is 10.1 Å². The van der Waals surface area contributed by atoms with Crippen molar-refractivity contribution in [2.24, 2.45) is 0 Å². The number of nitrogens with zero attached hydrogens (tertiary/aromatic N) is 2. The molecule has 6 nitrogen and oxygen atoms in total. The maximum atomic E-state index is 13.4. The molecule has 0 aliphatic carbocycles. The van der Waals surface area contributed by atoms with Crippen molar-refractivity contribution in [3.05, 3.63) is 53.5 Å². The number of aromatic nitrogens is 1. The van der Waals surface area contributed by atoms with Crippen LogP contribution in [0.25, 0.3) is 10.9 Å². The number of fused-ring (bicyclic) bond motifs is 1. The van der Waals surface area contributed by atoms with Gasteiger partial charge in [0.25, 0.3) is 0 Å². The van der Waals surface area contributed by atoms with Crippen molar-refractivity contribution >= 4 is 10.9 Å². The first kappa shape index (κ1) is 21.6. The standard InChI is InChI=1S/C24H29FN2O4/c1-16(28)18-4-7-22(23(14-18)29-2)30-13-3-10-27-11-8-17(9-12-27)24-20-6-5-19(25)15-21(20)26-31-24/h4-7,14-17,28H,3,8-13H2,1-2H3. The highest BCUT2D eigenvalue weighted by atomic mass is 19.1. The van der Waals surface area contributed by atoms with Gasteiger partial charge in [-0.05, 0) is 69.1 Å². The summed E-state index contributed by atoms with van der Waals surface area (Å²) in [5, 5.41) is 14.7. The second-order valence-electron chi connectivity index (χ2n) is 8.11. The van der Waals surface area contributed by atoms with E-state index in [-0.39, 0.29) is 5.82 Å². The Hall–Kier alpha value is -2.64. The van der Waals surface area contributed by atoms with E-state index in [1.54, 1.807) is 20.1 Å². The zero-order valence-corrected chi connectivity index (χ0v) is 18.0. The molecule has 1 unspecified atom stereocenters. The number of halogens is 1. The minimum atomic E-state index is -0.540. The number of ether oxygens (including phenoxy) is 2. The molecule has 0 spiro atoms. The molecule has 7 heteroatoms. The van der Waals surface area contributed by atoms with Crippen molar-refractivity contribution < 1.29 is 23.5 Å². The first-order valence-electron chi connectivity index (χ1n) is 10.8. The molecule has 2 heterocycles. The monoisotopic (exact) mass is 428 g/mol. The summed E-state index contributed by atoms with van der Waals surface area (Å²) in [6.07, 6.45) is 2.37. The van der Waals surface area contributed by atoms with E-state index in [1.807, 2.05) is 18.2 Å². The molecule has 1 N–H and O–H groups in total. The van der Waals surface area contributed by atoms with Gasteiger partial charge in [-0.15, -0.1) is 0 Å². The highest BCUT2D eigenvalue weighted by Gasteiger charge is 2.25. The Bertz CT molecular complexity index is 1010. The summed E-state index contributed by atoms with van der Waals surface area (Å²) in [6, 6.07) is 10.2. The van der Waals surface area contributed by atoms with Crippen molar-refractivity contribution in [1.82, 2.24) is 10.1 Å². The second kappa shape index (κ2) is 9.66. The first-order chi connectivity index (χ1) is 15.0. The average Bonchev–Trinajstić information content (AvgIpc) is 3.20. The van der Waals surface area contributed by atoms with E-state index in [1.165, 1.54) is 12.1 Å². The highest BCUT2D eigenvalue weighted by molar-refractivity contribution is 5.80. The molecule has 0 bridgehead atoms. The number of methoxy groups -OCH3 is 1. The molecule has 0 amide bonds. The van der Waals surface area contributed by atoms with Crippen LogP contribution in [0.4, 0.5) is 4.39 Å². The molecule has 0 radical (unpaired) electrons. The van der Waals surface area contributed by atoms with Gasteiger partial charge in [0.1, 0.15) is 17.1 Å². The van der Waals surface area contributed by atoms with Gasteiger partial charge in [-0.1, -0.05) is 11.2 Å². The summed E-state index contributed by atoms with van der Waals surface area (Å²) in [6.45, 7) is 5.26. The average molecular weight is 429 g/mol. The Balaban J connectivity index is 1.24. The molecule has 4 rings (SSSR count). The van der Waals surface area contributed by atoms with E-state index < -0.39 is 6.10 Å². The van der Waals surface area contributed by atoms with Crippen LogP contribution in [0.3, 0.4) is 0 Å². The molecule has 1 fully saturated rings. The van der Waals surface area contributed by atoms with Gasteiger partial charge in [0.05, 0.1) is 19.8 Å². The van der Waals surface area contributed by atoms with Crippen LogP contribution in [0.1, 0.15) is 49.5 Å². The zero-order valence-electron chi connectivity index (χ0n) is 18.0. The lowest BCUT2D eigenvalue weighted by molar-refractivity contribution is 0.181. The van der Waals surface area contributed by atoms with Crippen molar-refractivity contribution in [2.45, 2.75) is 38.2 Å². The topological polar surface area (TPSA) is 68.0 Å². The Morgan fingerprint density at radius 1 is 1.19 bits per heavy atom.